The van der Waals surface area contributed by atoms with Crippen molar-refractivity contribution in [2.45, 2.75) is 20.0 Å². The molecule has 5 nitrogen and oxygen atoms in total. The van der Waals surface area contributed by atoms with E-state index < -0.39 is 23.4 Å². The Balaban J connectivity index is 1.83. The summed E-state index contributed by atoms with van der Waals surface area (Å²) in [6, 6.07) is 17.5. The van der Waals surface area contributed by atoms with Crippen molar-refractivity contribution in [1.82, 2.24) is 0 Å². The molecule has 3 aromatic carbocycles. The van der Waals surface area contributed by atoms with Crippen molar-refractivity contribution in [2.75, 3.05) is 10.2 Å². The number of benzene rings is 3. The van der Waals surface area contributed by atoms with Crippen molar-refractivity contribution >= 4 is 28.8 Å². The molecule has 0 saturated heterocycles. The fraction of sp³-hybridized carbons (Fsp3) is 0.120. The highest BCUT2D eigenvalue weighted by Crippen LogP contribution is 2.38. The first-order valence-electron chi connectivity index (χ1n) is 10.0. The predicted octanol–water partition coefficient (Wildman–Crippen LogP) is 5.15. The van der Waals surface area contributed by atoms with Gasteiger partial charge in [-0.15, -0.1) is 0 Å². The van der Waals surface area contributed by atoms with Crippen LogP contribution in [0.4, 0.5) is 20.2 Å². The Morgan fingerprint density at radius 2 is 1.56 bits per heavy atom. The summed E-state index contributed by atoms with van der Waals surface area (Å²) in [6.07, 6.45) is -0.182. The maximum absolute atomic E-state index is 13.7. The predicted molar refractivity (Wildman–Crippen MR) is 118 cm³/mol. The summed E-state index contributed by atoms with van der Waals surface area (Å²) < 4.78 is 33.0. The average molecular weight is 434 g/mol. The van der Waals surface area contributed by atoms with Crippen molar-refractivity contribution in [3.05, 3.63) is 95.7 Å². The van der Waals surface area contributed by atoms with Crippen molar-refractivity contribution in [2.24, 2.45) is 0 Å². The Hall–Kier alpha value is -4.00. The lowest BCUT2D eigenvalue weighted by molar-refractivity contribution is -0.120. The van der Waals surface area contributed by atoms with E-state index in [2.05, 4.69) is 5.32 Å². The molecule has 0 spiro atoms. The monoisotopic (exact) mass is 434 g/mol. The van der Waals surface area contributed by atoms with E-state index in [1.165, 1.54) is 42.5 Å². The molecule has 0 radical (unpaired) electrons. The molecular formula is C25H20F2N2O3. The van der Waals surface area contributed by atoms with Gasteiger partial charge in [0.1, 0.15) is 23.1 Å². The third kappa shape index (κ3) is 4.09. The highest BCUT2D eigenvalue weighted by atomic mass is 19.1. The van der Waals surface area contributed by atoms with Crippen LogP contribution in [0.3, 0.4) is 0 Å². The Labute approximate surface area is 183 Å². The number of imide groups is 1. The number of amides is 2. The third-order valence-electron chi connectivity index (χ3n) is 4.78. The van der Waals surface area contributed by atoms with E-state index in [0.717, 1.165) is 4.90 Å². The Kier molecular flexibility index (Phi) is 5.73. The van der Waals surface area contributed by atoms with E-state index in [9.17, 15) is 18.4 Å². The molecule has 1 aliphatic rings. The minimum atomic E-state index is -0.626. The zero-order valence-electron chi connectivity index (χ0n) is 17.4. The molecule has 0 fully saturated rings. The van der Waals surface area contributed by atoms with Gasteiger partial charge in [0.2, 0.25) is 0 Å². The van der Waals surface area contributed by atoms with Crippen LogP contribution >= 0.6 is 0 Å². The lowest BCUT2D eigenvalue weighted by Gasteiger charge is -2.20. The number of hydrogen-bond acceptors (Lipinski definition) is 4. The first-order valence-corrected chi connectivity index (χ1v) is 10.0. The Morgan fingerprint density at radius 3 is 2.25 bits per heavy atom. The number of carbonyl (C=O) groups is 2. The van der Waals surface area contributed by atoms with Crippen molar-refractivity contribution in [3.8, 4) is 5.75 Å². The molecule has 162 valence electrons. The zero-order valence-corrected chi connectivity index (χ0v) is 17.4. The maximum atomic E-state index is 13.7. The number of ether oxygens (including phenoxy) is 1. The van der Waals surface area contributed by atoms with Gasteiger partial charge in [-0.25, -0.2) is 13.7 Å². The number of hydrogen-bond donors (Lipinski definition) is 1. The van der Waals surface area contributed by atoms with Crippen LogP contribution in [0.2, 0.25) is 0 Å². The smallest absolute Gasteiger partial charge is 0.282 e. The summed E-state index contributed by atoms with van der Waals surface area (Å²) in [6.45, 7) is 3.67. The van der Waals surface area contributed by atoms with E-state index in [0.29, 0.717) is 17.0 Å². The van der Waals surface area contributed by atoms with Crippen molar-refractivity contribution < 1.29 is 23.1 Å². The van der Waals surface area contributed by atoms with Crippen LogP contribution < -0.4 is 15.0 Å². The number of para-hydroxylation sites is 2. The van der Waals surface area contributed by atoms with Crippen LogP contribution in [0, 0.1) is 11.6 Å². The molecule has 1 aliphatic heterocycles. The minimum Gasteiger partial charge on any atom is -0.489 e. The highest BCUT2D eigenvalue weighted by molar-refractivity contribution is 6.46. The van der Waals surface area contributed by atoms with E-state index in [1.54, 1.807) is 30.3 Å². The molecule has 1 heterocycles. The Morgan fingerprint density at radius 1 is 0.844 bits per heavy atom. The van der Waals surface area contributed by atoms with Gasteiger partial charge in [0.25, 0.3) is 11.8 Å². The molecule has 0 unspecified atom stereocenters. The lowest BCUT2D eigenvalue weighted by Crippen LogP contribution is -2.33. The molecule has 4 rings (SSSR count). The van der Waals surface area contributed by atoms with E-state index in [-0.39, 0.29) is 23.1 Å². The molecule has 0 aliphatic carbocycles. The first-order chi connectivity index (χ1) is 15.3. The van der Waals surface area contributed by atoms with Crippen LogP contribution in [0.25, 0.3) is 5.57 Å². The molecule has 2 amide bonds. The van der Waals surface area contributed by atoms with E-state index in [1.807, 2.05) is 13.8 Å². The molecule has 0 saturated carbocycles. The summed E-state index contributed by atoms with van der Waals surface area (Å²) in [4.78, 5) is 28.0. The van der Waals surface area contributed by atoms with Gasteiger partial charge >= 0.3 is 0 Å². The molecule has 7 heteroatoms. The second-order valence-electron chi connectivity index (χ2n) is 7.47. The summed E-state index contributed by atoms with van der Waals surface area (Å²) in [5.74, 6) is -1.82. The van der Waals surface area contributed by atoms with Gasteiger partial charge in [0, 0.05) is 5.69 Å². The second-order valence-corrected chi connectivity index (χ2v) is 7.47. The maximum Gasteiger partial charge on any atom is 0.282 e. The van der Waals surface area contributed by atoms with Crippen molar-refractivity contribution in [3.63, 3.8) is 0 Å². The number of carbonyl (C=O) groups excluding carboxylic acids is 2. The molecular weight excluding hydrogens is 414 g/mol. The van der Waals surface area contributed by atoms with Gasteiger partial charge in [-0.1, -0.05) is 30.3 Å². The largest absolute Gasteiger partial charge is 0.489 e. The normalized spacial score (nSPS) is 13.8. The van der Waals surface area contributed by atoms with Crippen molar-refractivity contribution in [1.29, 1.82) is 0 Å². The molecule has 0 bridgehead atoms. The third-order valence-corrected chi connectivity index (χ3v) is 4.78. The van der Waals surface area contributed by atoms with Gasteiger partial charge in [0.05, 0.1) is 17.4 Å². The fourth-order valence-electron chi connectivity index (χ4n) is 3.45. The fourth-order valence-corrected chi connectivity index (χ4v) is 3.45. The standard InChI is InChI=1S/C25H20F2N2O3/c1-15(2)32-21-9-4-3-8-20(21)29-24(30)22(16-10-12-17(26)13-11-16)23(25(29)31)28-19-7-5-6-18(27)14-19/h3-15,28H,1-2H3. The first kappa shape index (κ1) is 21.2. The van der Waals surface area contributed by atoms with Gasteiger partial charge in [-0.05, 0) is 61.9 Å². The van der Waals surface area contributed by atoms with Crippen LogP contribution in [0.1, 0.15) is 19.4 Å². The molecule has 0 atom stereocenters. The second kappa shape index (κ2) is 8.63. The summed E-state index contributed by atoms with van der Waals surface area (Å²) in [7, 11) is 0. The summed E-state index contributed by atoms with van der Waals surface area (Å²) in [5, 5.41) is 2.88. The van der Waals surface area contributed by atoms with Gasteiger partial charge in [0.15, 0.2) is 0 Å². The topological polar surface area (TPSA) is 58.6 Å². The van der Waals surface area contributed by atoms with Gasteiger partial charge in [-0.2, -0.15) is 0 Å². The lowest BCUT2D eigenvalue weighted by atomic mass is 10.0. The quantitative estimate of drug-likeness (QED) is 0.546. The number of rotatable bonds is 6. The summed E-state index contributed by atoms with van der Waals surface area (Å²) in [5.41, 5.74) is 0.958. The molecule has 3 aromatic rings. The van der Waals surface area contributed by atoms with Gasteiger partial charge < -0.3 is 10.1 Å². The SMILES string of the molecule is CC(C)Oc1ccccc1N1C(=O)C(Nc2cccc(F)c2)=C(c2ccc(F)cc2)C1=O. The highest BCUT2D eigenvalue weighted by Gasteiger charge is 2.41. The van der Waals surface area contributed by atoms with E-state index >= 15 is 0 Å². The number of nitrogens with zero attached hydrogens (tertiary/aromatic N) is 1. The summed E-state index contributed by atoms with van der Waals surface area (Å²) >= 11 is 0. The molecule has 1 N–H and O–H groups in total. The van der Waals surface area contributed by atoms with Gasteiger partial charge in [-0.3, -0.25) is 9.59 Å². The Bertz CT molecular complexity index is 1220. The molecule has 0 aromatic heterocycles. The average Bonchev–Trinajstić information content (AvgIpc) is 2.98. The van der Waals surface area contributed by atoms with E-state index in [4.69, 9.17) is 4.74 Å². The van der Waals surface area contributed by atoms with Crippen LogP contribution in [0.5, 0.6) is 5.75 Å². The van der Waals surface area contributed by atoms with Crippen LogP contribution in [-0.4, -0.2) is 17.9 Å². The van der Waals surface area contributed by atoms with Crippen LogP contribution in [0.15, 0.2) is 78.5 Å². The van der Waals surface area contributed by atoms with Crippen LogP contribution in [-0.2, 0) is 9.59 Å². The zero-order chi connectivity index (χ0) is 22.8. The minimum absolute atomic E-state index is 0.0356. The number of nitrogens with one attached hydrogen (secondary N) is 1. The number of anilines is 2. The number of halogens is 2. The molecule has 32 heavy (non-hydrogen) atoms.